The molecule has 1 unspecified atom stereocenters. The summed E-state index contributed by atoms with van der Waals surface area (Å²) in [5, 5.41) is 0. The predicted octanol–water partition coefficient (Wildman–Crippen LogP) is 3.37. The van der Waals surface area contributed by atoms with Crippen molar-refractivity contribution in [3.63, 3.8) is 0 Å². The van der Waals surface area contributed by atoms with Crippen molar-refractivity contribution in [1.82, 2.24) is 4.90 Å². The van der Waals surface area contributed by atoms with Crippen LogP contribution >= 0.6 is 0 Å². The van der Waals surface area contributed by atoms with Crippen LogP contribution in [0.25, 0.3) is 0 Å². The predicted molar refractivity (Wildman–Crippen MR) is 115 cm³/mol. The van der Waals surface area contributed by atoms with Gasteiger partial charge in [-0.05, 0) is 49.2 Å². The van der Waals surface area contributed by atoms with Gasteiger partial charge in [0.2, 0.25) is 12.5 Å². The number of aldehydes is 1. The van der Waals surface area contributed by atoms with Gasteiger partial charge in [0, 0.05) is 31.0 Å². The number of carbonyl (C=O) groups is 2. The van der Waals surface area contributed by atoms with Gasteiger partial charge in [-0.3, -0.25) is 14.5 Å². The summed E-state index contributed by atoms with van der Waals surface area (Å²) >= 11 is 0. The number of ether oxygens (including phenoxy) is 4. The number of rotatable bonds is 8. The molecule has 0 fully saturated rings. The van der Waals surface area contributed by atoms with Crippen LogP contribution in [0.5, 0.6) is 23.0 Å². The molecule has 2 aliphatic heterocycles. The highest BCUT2D eigenvalue weighted by atomic mass is 16.7. The van der Waals surface area contributed by atoms with Crippen LogP contribution in [0.4, 0.5) is 0 Å². The fourth-order valence-electron chi connectivity index (χ4n) is 4.39. The zero-order valence-corrected chi connectivity index (χ0v) is 18.1. The van der Waals surface area contributed by atoms with E-state index in [2.05, 4.69) is 4.90 Å². The Hall–Kier alpha value is -3.06. The Labute approximate surface area is 181 Å². The summed E-state index contributed by atoms with van der Waals surface area (Å²) in [7, 11) is 5.20. The average molecular weight is 425 g/mol. The molecule has 2 aromatic carbocycles. The summed E-state index contributed by atoms with van der Waals surface area (Å²) in [4.78, 5) is 26.2. The van der Waals surface area contributed by atoms with Crippen LogP contribution in [0.1, 0.15) is 45.9 Å². The Morgan fingerprint density at radius 3 is 2.81 bits per heavy atom. The van der Waals surface area contributed by atoms with E-state index in [1.54, 1.807) is 13.2 Å². The van der Waals surface area contributed by atoms with E-state index in [4.69, 9.17) is 18.9 Å². The van der Waals surface area contributed by atoms with Crippen LogP contribution in [-0.2, 0) is 17.6 Å². The minimum atomic E-state index is -0.0762. The molecule has 0 saturated heterocycles. The van der Waals surface area contributed by atoms with E-state index in [0.717, 1.165) is 35.9 Å². The number of ketones is 1. The number of benzene rings is 2. The highest BCUT2D eigenvalue weighted by Gasteiger charge is 2.34. The Morgan fingerprint density at radius 1 is 1.23 bits per heavy atom. The van der Waals surface area contributed by atoms with Crippen molar-refractivity contribution in [2.24, 2.45) is 0 Å². The van der Waals surface area contributed by atoms with E-state index >= 15 is 0 Å². The third-order valence-corrected chi connectivity index (χ3v) is 6.09. The standard InChI is InChI=1S/C24H27NO6/c1-25-9-8-16-11-21-23(31-14-30-21)24(29-3)22(16)19(25)12-18(27)7-5-15-4-6-17(13-26)20(10-15)28-2/h4,6,10-11,13,19H,5,7-9,12,14H2,1-3H3. The third-order valence-electron chi connectivity index (χ3n) is 6.09. The fourth-order valence-corrected chi connectivity index (χ4v) is 4.39. The van der Waals surface area contributed by atoms with E-state index in [0.29, 0.717) is 47.8 Å². The molecule has 0 radical (unpaired) electrons. The van der Waals surface area contributed by atoms with Gasteiger partial charge >= 0.3 is 0 Å². The molecule has 0 amide bonds. The lowest BCUT2D eigenvalue weighted by molar-refractivity contribution is -0.120. The maximum atomic E-state index is 12.9. The van der Waals surface area contributed by atoms with E-state index in [-0.39, 0.29) is 18.6 Å². The summed E-state index contributed by atoms with van der Waals surface area (Å²) in [6.45, 7) is 1.04. The molecule has 164 valence electrons. The van der Waals surface area contributed by atoms with Crippen molar-refractivity contribution in [1.29, 1.82) is 0 Å². The Morgan fingerprint density at radius 2 is 2.06 bits per heavy atom. The Balaban J connectivity index is 1.51. The van der Waals surface area contributed by atoms with Gasteiger partial charge in [0.05, 0.1) is 19.8 Å². The zero-order chi connectivity index (χ0) is 22.0. The number of hydrogen-bond donors (Lipinski definition) is 0. The molecule has 2 aromatic rings. The van der Waals surface area contributed by atoms with Crippen LogP contribution in [0.3, 0.4) is 0 Å². The van der Waals surface area contributed by atoms with Gasteiger partial charge < -0.3 is 18.9 Å². The number of hydrogen-bond acceptors (Lipinski definition) is 7. The second kappa shape index (κ2) is 8.98. The molecule has 0 bridgehead atoms. The van der Waals surface area contributed by atoms with E-state index in [1.165, 1.54) is 7.11 Å². The Kier molecular flexibility index (Phi) is 6.13. The van der Waals surface area contributed by atoms with Crippen LogP contribution in [0.15, 0.2) is 24.3 Å². The van der Waals surface area contributed by atoms with E-state index in [9.17, 15) is 9.59 Å². The number of methoxy groups -OCH3 is 2. The number of fused-ring (bicyclic) bond motifs is 2. The first kappa shape index (κ1) is 21.2. The number of likely N-dealkylation sites (N-methyl/N-ethyl adjacent to an activating group) is 1. The van der Waals surface area contributed by atoms with E-state index < -0.39 is 0 Å². The Bertz CT molecular complexity index is 1000. The number of nitrogens with zero attached hydrogens (tertiary/aromatic N) is 1. The first-order valence-corrected chi connectivity index (χ1v) is 10.4. The number of aryl methyl sites for hydroxylation is 1. The summed E-state index contributed by atoms with van der Waals surface area (Å²) in [6, 6.07) is 7.36. The number of carbonyl (C=O) groups excluding carboxylic acids is 2. The summed E-state index contributed by atoms with van der Waals surface area (Å²) in [5.74, 6) is 2.70. The highest BCUT2D eigenvalue weighted by Crippen LogP contribution is 2.50. The van der Waals surface area contributed by atoms with Gasteiger partial charge in [-0.2, -0.15) is 0 Å². The molecule has 7 heteroatoms. The van der Waals surface area contributed by atoms with Gasteiger partial charge in [0.15, 0.2) is 17.8 Å². The molecule has 4 rings (SSSR count). The monoisotopic (exact) mass is 425 g/mol. The molecule has 31 heavy (non-hydrogen) atoms. The van der Waals surface area contributed by atoms with Gasteiger partial charge in [0.1, 0.15) is 11.5 Å². The quantitative estimate of drug-likeness (QED) is 0.601. The summed E-state index contributed by atoms with van der Waals surface area (Å²) < 4.78 is 22.2. The third kappa shape index (κ3) is 4.10. The van der Waals surface area contributed by atoms with Crippen molar-refractivity contribution in [3.8, 4) is 23.0 Å². The first-order valence-electron chi connectivity index (χ1n) is 10.4. The largest absolute Gasteiger partial charge is 0.496 e. The van der Waals surface area contributed by atoms with Crippen molar-refractivity contribution in [2.75, 3.05) is 34.6 Å². The topological polar surface area (TPSA) is 74.3 Å². The second-order valence-electron chi connectivity index (χ2n) is 7.90. The van der Waals surface area contributed by atoms with E-state index in [1.807, 2.05) is 25.2 Å². The second-order valence-corrected chi connectivity index (χ2v) is 7.90. The lowest BCUT2D eigenvalue weighted by atomic mass is 9.87. The highest BCUT2D eigenvalue weighted by molar-refractivity contribution is 5.81. The van der Waals surface area contributed by atoms with Crippen LogP contribution in [-0.4, -0.2) is 51.6 Å². The van der Waals surface area contributed by atoms with Crippen LogP contribution in [0, 0.1) is 0 Å². The molecule has 0 N–H and O–H groups in total. The molecule has 0 spiro atoms. The molecule has 0 aliphatic carbocycles. The van der Waals surface area contributed by atoms with Crippen molar-refractivity contribution in [3.05, 3.63) is 46.5 Å². The van der Waals surface area contributed by atoms with Crippen LogP contribution in [0.2, 0.25) is 0 Å². The maximum absolute atomic E-state index is 12.9. The van der Waals surface area contributed by atoms with Gasteiger partial charge in [0.25, 0.3) is 0 Å². The normalized spacial score (nSPS) is 17.2. The van der Waals surface area contributed by atoms with Gasteiger partial charge in [-0.25, -0.2) is 0 Å². The summed E-state index contributed by atoms with van der Waals surface area (Å²) in [6.07, 6.45) is 3.03. The van der Waals surface area contributed by atoms with Crippen molar-refractivity contribution < 1.29 is 28.5 Å². The molecule has 0 aromatic heterocycles. The molecular formula is C24H27NO6. The molecular weight excluding hydrogens is 398 g/mol. The average Bonchev–Trinajstić information content (AvgIpc) is 3.26. The van der Waals surface area contributed by atoms with Gasteiger partial charge in [-0.1, -0.05) is 6.07 Å². The fraction of sp³-hybridized carbons (Fsp3) is 0.417. The molecule has 0 saturated carbocycles. The SMILES string of the molecule is COc1cc(CCC(=O)CC2c3c(cc4c(c3OC)OCO4)CCN2C)ccc1C=O. The molecule has 2 aliphatic rings. The van der Waals surface area contributed by atoms with Gasteiger partial charge in [-0.15, -0.1) is 0 Å². The lowest BCUT2D eigenvalue weighted by Gasteiger charge is -2.35. The molecule has 2 heterocycles. The molecule has 7 nitrogen and oxygen atoms in total. The lowest BCUT2D eigenvalue weighted by Crippen LogP contribution is -2.34. The van der Waals surface area contributed by atoms with Crippen molar-refractivity contribution >= 4 is 12.1 Å². The number of Topliss-reactive ketones (excluding diaryl/α,β-unsaturated/α-hetero) is 1. The smallest absolute Gasteiger partial charge is 0.231 e. The summed E-state index contributed by atoms with van der Waals surface area (Å²) in [5.41, 5.74) is 3.63. The zero-order valence-electron chi connectivity index (χ0n) is 18.1. The minimum absolute atomic E-state index is 0.0762. The maximum Gasteiger partial charge on any atom is 0.231 e. The molecule has 1 atom stereocenters. The minimum Gasteiger partial charge on any atom is -0.496 e. The van der Waals surface area contributed by atoms with Crippen LogP contribution < -0.4 is 18.9 Å². The van der Waals surface area contributed by atoms with Crippen molar-refractivity contribution in [2.45, 2.75) is 31.7 Å². The first-order chi connectivity index (χ1) is 15.0.